The summed E-state index contributed by atoms with van der Waals surface area (Å²) in [5.41, 5.74) is 2.81. The molecule has 3 aromatic rings. The molecule has 3 rings (SSSR count). The van der Waals surface area contributed by atoms with E-state index >= 15 is 0 Å². The summed E-state index contributed by atoms with van der Waals surface area (Å²) in [6, 6.07) is 12.4. The van der Waals surface area contributed by atoms with Crippen LogP contribution in [0.3, 0.4) is 0 Å². The number of hydrogen-bond donors (Lipinski definition) is 1. The lowest BCUT2D eigenvalue weighted by Gasteiger charge is -2.06. The van der Waals surface area contributed by atoms with Crippen molar-refractivity contribution in [3.63, 3.8) is 0 Å². The number of carbonyl (C=O) groups excluding carboxylic acids is 1. The minimum atomic E-state index is -0.542. The van der Waals surface area contributed by atoms with E-state index in [1.807, 2.05) is 0 Å². The number of nitrogens with zero attached hydrogens (tertiary/aromatic N) is 3. The number of benzene rings is 2. The molecule has 7 heteroatoms. The number of nitrogens with one attached hydrogen (secondary N) is 1. The van der Waals surface area contributed by atoms with Gasteiger partial charge in [0.2, 0.25) is 0 Å². The van der Waals surface area contributed by atoms with Gasteiger partial charge in [-0.2, -0.15) is 10.2 Å². The van der Waals surface area contributed by atoms with Crippen LogP contribution in [0.4, 0.5) is 4.39 Å². The standard InChI is InChI=1S/C17H13FN4O2/c1-22-17(24)14-5-3-2-4-13(14)15(21-22)16(23)20-19-10-11-6-8-12(18)9-7-11/h2-10H,1H3,(H,20,23)/b19-10-. The zero-order valence-corrected chi connectivity index (χ0v) is 12.7. The topological polar surface area (TPSA) is 76.3 Å². The van der Waals surface area contributed by atoms with E-state index < -0.39 is 5.91 Å². The van der Waals surface area contributed by atoms with Crippen molar-refractivity contribution in [3.05, 3.63) is 76.0 Å². The molecule has 0 saturated carbocycles. The van der Waals surface area contributed by atoms with Crippen LogP contribution in [0.5, 0.6) is 0 Å². The third-order valence-corrected chi connectivity index (χ3v) is 3.42. The van der Waals surface area contributed by atoms with Crippen LogP contribution >= 0.6 is 0 Å². The van der Waals surface area contributed by atoms with Crippen LogP contribution in [-0.2, 0) is 7.05 Å². The van der Waals surface area contributed by atoms with Crippen LogP contribution in [0.25, 0.3) is 10.8 Å². The SMILES string of the molecule is Cn1nc(C(=O)N/N=C\c2ccc(F)cc2)c2ccccc2c1=O. The molecule has 1 N–H and O–H groups in total. The first-order valence-electron chi connectivity index (χ1n) is 7.11. The van der Waals surface area contributed by atoms with Crippen LogP contribution in [0.15, 0.2) is 58.4 Å². The fourth-order valence-corrected chi connectivity index (χ4v) is 2.23. The fourth-order valence-electron chi connectivity index (χ4n) is 2.23. The molecule has 0 radical (unpaired) electrons. The number of hydrazone groups is 1. The highest BCUT2D eigenvalue weighted by atomic mass is 19.1. The maximum Gasteiger partial charge on any atom is 0.292 e. The molecule has 1 aromatic heterocycles. The molecule has 0 fully saturated rings. The van der Waals surface area contributed by atoms with Crippen LogP contribution in [0.2, 0.25) is 0 Å². The van der Waals surface area contributed by atoms with Gasteiger partial charge in [0.25, 0.3) is 11.5 Å². The van der Waals surface area contributed by atoms with Gasteiger partial charge in [0.05, 0.1) is 11.6 Å². The van der Waals surface area contributed by atoms with E-state index in [1.165, 1.54) is 37.5 Å². The number of carbonyl (C=O) groups is 1. The summed E-state index contributed by atoms with van der Waals surface area (Å²) in [5, 5.41) is 8.70. The molecule has 2 aromatic carbocycles. The molecule has 6 nitrogen and oxygen atoms in total. The molecular weight excluding hydrogens is 311 g/mol. The van der Waals surface area contributed by atoms with E-state index in [0.29, 0.717) is 16.3 Å². The second-order valence-electron chi connectivity index (χ2n) is 5.07. The summed E-state index contributed by atoms with van der Waals surface area (Å²) in [5.74, 6) is -0.891. The second-order valence-corrected chi connectivity index (χ2v) is 5.07. The van der Waals surface area contributed by atoms with Gasteiger partial charge in [-0.25, -0.2) is 14.5 Å². The van der Waals surface area contributed by atoms with E-state index in [1.54, 1.807) is 24.3 Å². The lowest BCUT2D eigenvalue weighted by Crippen LogP contribution is -2.27. The van der Waals surface area contributed by atoms with E-state index in [4.69, 9.17) is 0 Å². The molecule has 0 spiro atoms. The number of fused-ring (bicyclic) bond motifs is 1. The number of amides is 1. The molecule has 0 bridgehead atoms. The van der Waals surface area contributed by atoms with E-state index in [9.17, 15) is 14.0 Å². The largest absolute Gasteiger partial charge is 0.292 e. The number of aromatic nitrogens is 2. The molecule has 1 heterocycles. The van der Waals surface area contributed by atoms with E-state index in [2.05, 4.69) is 15.6 Å². The Morgan fingerprint density at radius 2 is 1.83 bits per heavy atom. The van der Waals surface area contributed by atoms with Crippen LogP contribution < -0.4 is 11.0 Å². The molecule has 120 valence electrons. The average molecular weight is 324 g/mol. The Bertz CT molecular complexity index is 994. The lowest BCUT2D eigenvalue weighted by atomic mass is 10.1. The molecule has 0 aliphatic carbocycles. The van der Waals surface area contributed by atoms with Crippen LogP contribution in [0.1, 0.15) is 16.1 Å². The first-order valence-corrected chi connectivity index (χ1v) is 7.11. The molecule has 1 amide bonds. The number of hydrogen-bond acceptors (Lipinski definition) is 4. The first-order chi connectivity index (χ1) is 11.6. The van der Waals surface area contributed by atoms with Crippen molar-refractivity contribution in [2.75, 3.05) is 0 Å². The Morgan fingerprint density at radius 1 is 1.17 bits per heavy atom. The molecule has 0 aliphatic rings. The van der Waals surface area contributed by atoms with Crippen molar-refractivity contribution in [2.24, 2.45) is 12.1 Å². The smallest absolute Gasteiger partial charge is 0.267 e. The summed E-state index contributed by atoms with van der Waals surface area (Å²) in [6.07, 6.45) is 1.39. The van der Waals surface area contributed by atoms with E-state index in [-0.39, 0.29) is 17.1 Å². The van der Waals surface area contributed by atoms with Gasteiger partial charge >= 0.3 is 0 Å². The Labute approximate surface area is 136 Å². The van der Waals surface area contributed by atoms with Crippen molar-refractivity contribution in [1.29, 1.82) is 0 Å². The molecular formula is C17H13FN4O2. The summed E-state index contributed by atoms with van der Waals surface area (Å²) in [6.45, 7) is 0. The monoisotopic (exact) mass is 324 g/mol. The quantitative estimate of drug-likeness (QED) is 0.590. The van der Waals surface area contributed by atoms with Gasteiger partial charge in [-0.05, 0) is 23.8 Å². The van der Waals surface area contributed by atoms with Crippen molar-refractivity contribution in [3.8, 4) is 0 Å². The summed E-state index contributed by atoms with van der Waals surface area (Å²) < 4.78 is 13.9. The Morgan fingerprint density at radius 3 is 2.54 bits per heavy atom. The Hall–Kier alpha value is -3.35. The van der Waals surface area contributed by atoms with Gasteiger partial charge in [0.15, 0.2) is 5.69 Å². The predicted octanol–water partition coefficient (Wildman–Crippen LogP) is 1.84. The van der Waals surface area contributed by atoms with Crippen LogP contribution in [0, 0.1) is 5.82 Å². The fraction of sp³-hybridized carbons (Fsp3) is 0.0588. The van der Waals surface area contributed by atoms with Gasteiger partial charge < -0.3 is 0 Å². The molecule has 0 saturated heterocycles. The van der Waals surface area contributed by atoms with Crippen molar-refractivity contribution >= 4 is 22.9 Å². The summed E-state index contributed by atoms with van der Waals surface area (Å²) in [7, 11) is 1.48. The first kappa shape index (κ1) is 15.5. The minimum Gasteiger partial charge on any atom is -0.267 e. The zero-order valence-electron chi connectivity index (χ0n) is 12.7. The normalized spacial score (nSPS) is 11.1. The number of halogens is 1. The van der Waals surface area contributed by atoms with Gasteiger partial charge in [0.1, 0.15) is 5.82 Å². The van der Waals surface area contributed by atoms with Gasteiger partial charge in [-0.15, -0.1) is 0 Å². The average Bonchev–Trinajstić information content (AvgIpc) is 2.60. The minimum absolute atomic E-state index is 0.101. The highest BCUT2D eigenvalue weighted by Crippen LogP contribution is 2.12. The van der Waals surface area contributed by atoms with Crippen molar-refractivity contribution in [1.82, 2.24) is 15.2 Å². The van der Waals surface area contributed by atoms with Crippen molar-refractivity contribution < 1.29 is 9.18 Å². The van der Waals surface area contributed by atoms with Crippen molar-refractivity contribution in [2.45, 2.75) is 0 Å². The van der Waals surface area contributed by atoms with Gasteiger partial charge in [0, 0.05) is 12.4 Å². The van der Waals surface area contributed by atoms with E-state index in [0.717, 1.165) is 4.68 Å². The zero-order chi connectivity index (χ0) is 17.1. The highest BCUT2D eigenvalue weighted by Gasteiger charge is 2.14. The number of rotatable bonds is 3. The maximum atomic E-state index is 12.8. The maximum absolute atomic E-state index is 12.8. The number of aryl methyl sites for hydroxylation is 1. The summed E-state index contributed by atoms with van der Waals surface area (Å²) >= 11 is 0. The molecule has 24 heavy (non-hydrogen) atoms. The van der Waals surface area contributed by atoms with Gasteiger partial charge in [-0.1, -0.05) is 30.3 Å². The lowest BCUT2D eigenvalue weighted by molar-refractivity contribution is 0.0950. The molecule has 0 unspecified atom stereocenters. The third kappa shape index (κ3) is 3.05. The van der Waals surface area contributed by atoms with Gasteiger partial charge in [-0.3, -0.25) is 9.59 Å². The Kier molecular flexibility index (Phi) is 4.15. The highest BCUT2D eigenvalue weighted by molar-refractivity contribution is 6.04. The third-order valence-electron chi connectivity index (χ3n) is 3.42. The predicted molar refractivity (Wildman–Crippen MR) is 88.4 cm³/mol. The second kappa shape index (κ2) is 6.41. The van der Waals surface area contributed by atoms with Crippen LogP contribution in [-0.4, -0.2) is 21.9 Å². The molecule has 0 atom stereocenters. The Balaban J connectivity index is 1.88. The summed E-state index contributed by atoms with van der Waals surface area (Å²) in [4.78, 5) is 24.3. The molecule has 0 aliphatic heterocycles.